The Bertz CT molecular complexity index is 550. The van der Waals surface area contributed by atoms with Gasteiger partial charge in [0, 0.05) is 19.3 Å². The van der Waals surface area contributed by atoms with E-state index in [2.05, 4.69) is 10.6 Å². The van der Waals surface area contributed by atoms with Crippen LogP contribution >= 0.6 is 11.6 Å². The molecule has 0 radical (unpaired) electrons. The van der Waals surface area contributed by atoms with E-state index < -0.39 is 6.10 Å². The topological polar surface area (TPSA) is 93.5 Å². The van der Waals surface area contributed by atoms with Crippen LogP contribution in [0.2, 0.25) is 5.02 Å². The molecule has 2 atom stereocenters. The fraction of sp³-hybridized carbons (Fsp3) is 0.429. The second-order valence-corrected chi connectivity index (χ2v) is 5.23. The fourth-order valence-electron chi connectivity index (χ4n) is 2.21. The summed E-state index contributed by atoms with van der Waals surface area (Å²) in [6.07, 6.45) is 0.854. The predicted molar refractivity (Wildman–Crippen MR) is 80.4 cm³/mol. The molecule has 1 aromatic carbocycles. The summed E-state index contributed by atoms with van der Waals surface area (Å²) in [6, 6.07) is 4.75. The SMILES string of the molecule is CNC(=O)c1cc(NC(=O)C2CCC(CN)O2)ccc1Cl. The molecule has 2 unspecified atom stereocenters. The highest BCUT2D eigenvalue weighted by atomic mass is 35.5. The van der Waals surface area contributed by atoms with E-state index in [0.717, 1.165) is 6.42 Å². The third-order valence-electron chi connectivity index (χ3n) is 3.37. The summed E-state index contributed by atoms with van der Waals surface area (Å²) in [4.78, 5) is 23.8. The molecule has 0 spiro atoms. The van der Waals surface area contributed by atoms with Gasteiger partial charge < -0.3 is 21.1 Å². The number of carbonyl (C=O) groups excluding carboxylic acids is 2. The fourth-order valence-corrected chi connectivity index (χ4v) is 2.41. The number of hydrogen-bond acceptors (Lipinski definition) is 4. The second-order valence-electron chi connectivity index (χ2n) is 4.82. The van der Waals surface area contributed by atoms with Gasteiger partial charge >= 0.3 is 0 Å². The molecule has 114 valence electrons. The van der Waals surface area contributed by atoms with Crippen LogP contribution in [0, 0.1) is 0 Å². The van der Waals surface area contributed by atoms with Gasteiger partial charge in [0.25, 0.3) is 11.8 Å². The number of benzene rings is 1. The molecule has 0 saturated carbocycles. The Hall–Kier alpha value is -1.63. The third kappa shape index (κ3) is 3.72. The van der Waals surface area contributed by atoms with Crippen LogP contribution < -0.4 is 16.4 Å². The lowest BCUT2D eigenvalue weighted by molar-refractivity contribution is -0.126. The van der Waals surface area contributed by atoms with Gasteiger partial charge in [0.15, 0.2) is 0 Å². The normalized spacial score (nSPS) is 21.1. The average Bonchev–Trinajstić information content (AvgIpc) is 2.97. The van der Waals surface area contributed by atoms with E-state index in [9.17, 15) is 9.59 Å². The molecule has 1 heterocycles. The maximum Gasteiger partial charge on any atom is 0.253 e. The van der Waals surface area contributed by atoms with Crippen LogP contribution in [0.25, 0.3) is 0 Å². The number of hydrogen-bond donors (Lipinski definition) is 3. The summed E-state index contributed by atoms with van der Waals surface area (Å²) in [5.41, 5.74) is 6.33. The van der Waals surface area contributed by atoms with E-state index in [1.165, 1.54) is 13.1 Å². The van der Waals surface area contributed by atoms with Gasteiger partial charge in [-0.3, -0.25) is 9.59 Å². The monoisotopic (exact) mass is 311 g/mol. The van der Waals surface area contributed by atoms with Crippen LogP contribution in [-0.2, 0) is 9.53 Å². The largest absolute Gasteiger partial charge is 0.364 e. The van der Waals surface area contributed by atoms with Gasteiger partial charge in [0.1, 0.15) is 6.10 Å². The summed E-state index contributed by atoms with van der Waals surface area (Å²) < 4.78 is 5.52. The lowest BCUT2D eigenvalue weighted by Gasteiger charge is -2.13. The summed E-state index contributed by atoms with van der Waals surface area (Å²) in [6.45, 7) is 0.408. The minimum absolute atomic E-state index is 0.0626. The number of rotatable bonds is 4. The van der Waals surface area contributed by atoms with Crippen molar-refractivity contribution in [3.8, 4) is 0 Å². The van der Waals surface area contributed by atoms with Crippen LogP contribution in [0.3, 0.4) is 0 Å². The average molecular weight is 312 g/mol. The number of ether oxygens (including phenoxy) is 1. The Labute approximate surface area is 128 Å². The highest BCUT2D eigenvalue weighted by Crippen LogP contribution is 2.23. The first-order valence-corrected chi connectivity index (χ1v) is 7.11. The molecule has 0 bridgehead atoms. The Morgan fingerprint density at radius 1 is 1.43 bits per heavy atom. The lowest BCUT2D eigenvalue weighted by Crippen LogP contribution is -2.30. The zero-order valence-electron chi connectivity index (χ0n) is 11.7. The maximum absolute atomic E-state index is 12.1. The van der Waals surface area contributed by atoms with Crippen LogP contribution in [0.15, 0.2) is 18.2 Å². The molecule has 6 nitrogen and oxygen atoms in total. The second kappa shape index (κ2) is 6.89. The van der Waals surface area contributed by atoms with Crippen molar-refractivity contribution < 1.29 is 14.3 Å². The van der Waals surface area contributed by atoms with Gasteiger partial charge in [-0.2, -0.15) is 0 Å². The Morgan fingerprint density at radius 2 is 2.19 bits per heavy atom. The minimum Gasteiger partial charge on any atom is -0.364 e. The van der Waals surface area contributed by atoms with Gasteiger partial charge in [0.05, 0.1) is 16.7 Å². The van der Waals surface area contributed by atoms with Gasteiger partial charge in [-0.15, -0.1) is 0 Å². The van der Waals surface area contributed by atoms with Crippen LogP contribution in [0.4, 0.5) is 5.69 Å². The molecular weight excluding hydrogens is 294 g/mol. The minimum atomic E-state index is -0.502. The van der Waals surface area contributed by atoms with E-state index >= 15 is 0 Å². The number of nitrogens with one attached hydrogen (secondary N) is 2. The van der Waals surface area contributed by atoms with E-state index in [1.807, 2.05) is 0 Å². The number of carbonyl (C=O) groups is 2. The molecule has 1 fully saturated rings. The number of halogens is 1. The molecule has 1 saturated heterocycles. The predicted octanol–water partition coefficient (Wildman–Crippen LogP) is 1.14. The highest BCUT2D eigenvalue weighted by Gasteiger charge is 2.29. The molecule has 4 N–H and O–H groups in total. The van der Waals surface area contributed by atoms with Crippen LogP contribution in [0.1, 0.15) is 23.2 Å². The molecule has 21 heavy (non-hydrogen) atoms. The summed E-state index contributed by atoms with van der Waals surface area (Å²) in [5, 5.41) is 5.55. The number of anilines is 1. The first-order chi connectivity index (χ1) is 10.0. The van der Waals surface area contributed by atoms with Crippen molar-refractivity contribution in [2.24, 2.45) is 5.73 Å². The van der Waals surface area contributed by atoms with E-state index in [1.54, 1.807) is 12.1 Å². The highest BCUT2D eigenvalue weighted by molar-refractivity contribution is 6.34. The van der Waals surface area contributed by atoms with Crippen molar-refractivity contribution in [1.82, 2.24) is 5.32 Å². The Morgan fingerprint density at radius 3 is 2.81 bits per heavy atom. The number of amides is 2. The first kappa shape index (κ1) is 15.8. The molecule has 0 aliphatic carbocycles. The van der Waals surface area contributed by atoms with Crippen molar-refractivity contribution >= 4 is 29.1 Å². The summed E-state index contributed by atoms with van der Waals surface area (Å²) in [7, 11) is 1.52. The van der Waals surface area contributed by atoms with Crippen LogP contribution in [0.5, 0.6) is 0 Å². The van der Waals surface area contributed by atoms with Crippen molar-refractivity contribution in [1.29, 1.82) is 0 Å². The molecule has 0 aromatic heterocycles. The van der Waals surface area contributed by atoms with E-state index in [-0.39, 0.29) is 17.9 Å². The Balaban J connectivity index is 2.06. The smallest absolute Gasteiger partial charge is 0.253 e. The molecule has 1 aromatic rings. The van der Waals surface area contributed by atoms with Crippen molar-refractivity contribution in [3.63, 3.8) is 0 Å². The zero-order chi connectivity index (χ0) is 15.4. The van der Waals surface area contributed by atoms with Crippen LogP contribution in [-0.4, -0.2) is 37.6 Å². The zero-order valence-corrected chi connectivity index (χ0v) is 12.4. The molecular formula is C14H18ClN3O3. The summed E-state index contributed by atoms with van der Waals surface area (Å²) in [5.74, 6) is -0.549. The molecule has 1 aliphatic rings. The van der Waals surface area contributed by atoms with Gasteiger partial charge in [-0.05, 0) is 31.0 Å². The van der Waals surface area contributed by atoms with Crippen molar-refractivity contribution in [2.45, 2.75) is 25.0 Å². The molecule has 7 heteroatoms. The van der Waals surface area contributed by atoms with E-state index in [4.69, 9.17) is 22.1 Å². The summed E-state index contributed by atoms with van der Waals surface area (Å²) >= 11 is 5.96. The van der Waals surface area contributed by atoms with E-state index in [0.29, 0.717) is 29.2 Å². The van der Waals surface area contributed by atoms with Crippen molar-refractivity contribution in [3.05, 3.63) is 28.8 Å². The quantitative estimate of drug-likeness (QED) is 0.777. The maximum atomic E-state index is 12.1. The Kier molecular flexibility index (Phi) is 5.17. The number of nitrogens with two attached hydrogens (primary N) is 1. The first-order valence-electron chi connectivity index (χ1n) is 6.73. The molecule has 2 amide bonds. The van der Waals surface area contributed by atoms with Gasteiger partial charge in [-0.25, -0.2) is 0 Å². The van der Waals surface area contributed by atoms with Crippen molar-refractivity contribution in [2.75, 3.05) is 18.9 Å². The standard InChI is InChI=1S/C14H18ClN3O3/c1-17-13(19)10-6-8(2-4-11(10)15)18-14(20)12-5-3-9(7-16)21-12/h2,4,6,9,12H,3,5,7,16H2,1H3,(H,17,19)(H,18,20). The lowest BCUT2D eigenvalue weighted by atomic mass is 10.1. The molecule has 1 aliphatic heterocycles. The third-order valence-corrected chi connectivity index (χ3v) is 3.70. The molecule has 2 rings (SSSR count). The van der Waals surface area contributed by atoms with Gasteiger partial charge in [-0.1, -0.05) is 11.6 Å². The van der Waals surface area contributed by atoms with Gasteiger partial charge in [0.2, 0.25) is 0 Å².